The number of imidazole rings is 1. The van der Waals surface area contributed by atoms with Crippen molar-refractivity contribution in [1.82, 2.24) is 20.2 Å². The van der Waals surface area contributed by atoms with E-state index in [0.29, 0.717) is 25.4 Å². The van der Waals surface area contributed by atoms with E-state index in [9.17, 15) is 9.59 Å². The summed E-state index contributed by atoms with van der Waals surface area (Å²) in [4.78, 5) is 26.5. The van der Waals surface area contributed by atoms with Gasteiger partial charge in [0.2, 0.25) is 5.91 Å². The molecule has 3 N–H and O–H groups in total. The van der Waals surface area contributed by atoms with E-state index in [0.717, 1.165) is 30.5 Å². The molecule has 1 saturated heterocycles. The van der Waals surface area contributed by atoms with Gasteiger partial charge in [0.25, 0.3) is 0 Å². The summed E-state index contributed by atoms with van der Waals surface area (Å²) in [5.41, 5.74) is 1.56. The van der Waals surface area contributed by atoms with Gasteiger partial charge < -0.3 is 15.6 Å². The van der Waals surface area contributed by atoms with Gasteiger partial charge in [-0.2, -0.15) is 0 Å². The first-order valence-electron chi connectivity index (χ1n) is 7.39. The Morgan fingerprint density at radius 3 is 3.05 bits per heavy atom. The SMILES string of the molecule is O=C(CC1CCNC1)NCCn1c(=O)[nH]c2ccccc21. The van der Waals surface area contributed by atoms with Gasteiger partial charge in [-0.25, -0.2) is 4.79 Å². The minimum absolute atomic E-state index is 0.0663. The summed E-state index contributed by atoms with van der Waals surface area (Å²) in [5.74, 6) is 0.511. The molecule has 0 radical (unpaired) electrons. The monoisotopic (exact) mass is 288 g/mol. The van der Waals surface area contributed by atoms with Crippen molar-refractivity contribution in [3.05, 3.63) is 34.7 Å². The van der Waals surface area contributed by atoms with Crippen LogP contribution in [0.25, 0.3) is 11.0 Å². The highest BCUT2D eigenvalue weighted by molar-refractivity contribution is 5.76. The van der Waals surface area contributed by atoms with E-state index in [1.54, 1.807) is 4.57 Å². The first kappa shape index (κ1) is 13.9. The third-order valence-corrected chi connectivity index (χ3v) is 3.98. The average Bonchev–Trinajstić information content (AvgIpc) is 3.07. The maximum atomic E-state index is 11.9. The van der Waals surface area contributed by atoms with Gasteiger partial charge in [-0.1, -0.05) is 12.1 Å². The van der Waals surface area contributed by atoms with Crippen LogP contribution in [0, 0.1) is 5.92 Å². The van der Waals surface area contributed by atoms with Gasteiger partial charge in [-0.3, -0.25) is 9.36 Å². The molecule has 1 atom stereocenters. The molecule has 1 amide bonds. The molecule has 3 rings (SSSR count). The number of para-hydroxylation sites is 2. The third-order valence-electron chi connectivity index (χ3n) is 3.98. The number of fused-ring (bicyclic) bond motifs is 1. The summed E-state index contributed by atoms with van der Waals surface area (Å²) in [6, 6.07) is 7.57. The summed E-state index contributed by atoms with van der Waals surface area (Å²) in [5, 5.41) is 6.15. The number of aromatic nitrogens is 2. The van der Waals surface area contributed by atoms with Crippen LogP contribution < -0.4 is 16.3 Å². The van der Waals surface area contributed by atoms with Crippen LogP contribution in [-0.2, 0) is 11.3 Å². The minimum atomic E-state index is -0.134. The van der Waals surface area contributed by atoms with Crippen molar-refractivity contribution in [2.45, 2.75) is 19.4 Å². The molecule has 2 heterocycles. The van der Waals surface area contributed by atoms with Gasteiger partial charge in [-0.15, -0.1) is 0 Å². The lowest BCUT2D eigenvalue weighted by Crippen LogP contribution is -2.31. The molecular weight excluding hydrogens is 268 g/mol. The molecular formula is C15H20N4O2. The van der Waals surface area contributed by atoms with Crippen molar-refractivity contribution in [1.29, 1.82) is 0 Å². The topological polar surface area (TPSA) is 78.9 Å². The summed E-state index contributed by atoms with van der Waals surface area (Å²) < 4.78 is 1.66. The fraction of sp³-hybridized carbons (Fsp3) is 0.467. The van der Waals surface area contributed by atoms with Crippen molar-refractivity contribution in [3.8, 4) is 0 Å². The second-order valence-electron chi connectivity index (χ2n) is 5.51. The summed E-state index contributed by atoms with van der Waals surface area (Å²) in [7, 11) is 0. The zero-order valence-corrected chi connectivity index (χ0v) is 11.9. The van der Waals surface area contributed by atoms with Crippen LogP contribution in [0.15, 0.2) is 29.1 Å². The van der Waals surface area contributed by atoms with Gasteiger partial charge in [0.15, 0.2) is 0 Å². The molecule has 1 aromatic carbocycles. The smallest absolute Gasteiger partial charge is 0.326 e. The largest absolute Gasteiger partial charge is 0.354 e. The van der Waals surface area contributed by atoms with E-state index in [1.807, 2.05) is 24.3 Å². The number of carbonyl (C=O) groups excluding carboxylic acids is 1. The second-order valence-corrected chi connectivity index (χ2v) is 5.51. The number of hydrogen-bond acceptors (Lipinski definition) is 3. The third kappa shape index (κ3) is 3.16. The first-order valence-corrected chi connectivity index (χ1v) is 7.39. The Morgan fingerprint density at radius 1 is 1.38 bits per heavy atom. The van der Waals surface area contributed by atoms with Crippen molar-refractivity contribution in [2.75, 3.05) is 19.6 Å². The minimum Gasteiger partial charge on any atom is -0.354 e. The summed E-state index contributed by atoms with van der Waals surface area (Å²) >= 11 is 0. The molecule has 0 bridgehead atoms. The highest BCUT2D eigenvalue weighted by atomic mass is 16.2. The van der Waals surface area contributed by atoms with Crippen molar-refractivity contribution >= 4 is 16.9 Å². The molecule has 0 spiro atoms. The number of carbonyl (C=O) groups is 1. The molecule has 1 aromatic heterocycles. The predicted molar refractivity (Wildman–Crippen MR) is 81.2 cm³/mol. The summed E-state index contributed by atoms with van der Waals surface area (Å²) in [6.07, 6.45) is 1.63. The van der Waals surface area contributed by atoms with Crippen LogP contribution in [0.2, 0.25) is 0 Å². The highest BCUT2D eigenvalue weighted by Crippen LogP contribution is 2.11. The number of hydrogen-bond donors (Lipinski definition) is 3. The van der Waals surface area contributed by atoms with Gasteiger partial charge in [0.05, 0.1) is 11.0 Å². The number of amides is 1. The van der Waals surface area contributed by atoms with Crippen molar-refractivity contribution in [2.24, 2.45) is 5.92 Å². The van der Waals surface area contributed by atoms with Crippen LogP contribution in [0.1, 0.15) is 12.8 Å². The van der Waals surface area contributed by atoms with Crippen molar-refractivity contribution in [3.63, 3.8) is 0 Å². The Balaban J connectivity index is 1.55. The number of benzene rings is 1. The van der Waals surface area contributed by atoms with Gasteiger partial charge in [-0.05, 0) is 37.6 Å². The van der Waals surface area contributed by atoms with E-state index in [1.165, 1.54) is 0 Å². The lowest BCUT2D eigenvalue weighted by atomic mass is 10.0. The fourth-order valence-corrected chi connectivity index (χ4v) is 2.86. The maximum absolute atomic E-state index is 11.9. The molecule has 2 aromatic rings. The van der Waals surface area contributed by atoms with Crippen LogP contribution in [0.4, 0.5) is 0 Å². The molecule has 1 aliphatic heterocycles. The van der Waals surface area contributed by atoms with Crippen molar-refractivity contribution < 1.29 is 4.79 Å². The molecule has 112 valence electrons. The molecule has 1 fully saturated rings. The Labute approximate surface area is 122 Å². The van der Waals surface area contributed by atoms with Gasteiger partial charge in [0.1, 0.15) is 0 Å². The summed E-state index contributed by atoms with van der Waals surface area (Å²) in [6.45, 7) is 2.89. The Hall–Kier alpha value is -2.08. The van der Waals surface area contributed by atoms with E-state index in [2.05, 4.69) is 15.6 Å². The van der Waals surface area contributed by atoms with Gasteiger partial charge in [0, 0.05) is 19.5 Å². The maximum Gasteiger partial charge on any atom is 0.326 e. The van der Waals surface area contributed by atoms with Crippen LogP contribution in [-0.4, -0.2) is 35.1 Å². The molecule has 21 heavy (non-hydrogen) atoms. The van der Waals surface area contributed by atoms with E-state index in [4.69, 9.17) is 0 Å². The number of aromatic amines is 1. The van der Waals surface area contributed by atoms with Crippen LogP contribution in [0.5, 0.6) is 0 Å². The first-order chi connectivity index (χ1) is 10.2. The molecule has 0 aliphatic carbocycles. The standard InChI is InChI=1S/C15H20N4O2/c20-14(9-11-5-6-16-10-11)17-7-8-19-13-4-2-1-3-12(13)18-15(19)21/h1-4,11,16H,5-10H2,(H,17,20)(H,18,21). The highest BCUT2D eigenvalue weighted by Gasteiger charge is 2.17. The number of nitrogens with one attached hydrogen (secondary N) is 3. The number of H-pyrrole nitrogens is 1. The molecule has 6 heteroatoms. The lowest BCUT2D eigenvalue weighted by molar-refractivity contribution is -0.121. The van der Waals surface area contributed by atoms with Crippen LogP contribution in [0.3, 0.4) is 0 Å². The predicted octanol–water partition coefficient (Wildman–Crippen LogP) is 0.445. The molecule has 0 saturated carbocycles. The number of rotatable bonds is 5. The zero-order chi connectivity index (χ0) is 14.7. The van der Waals surface area contributed by atoms with Crippen LogP contribution >= 0.6 is 0 Å². The Morgan fingerprint density at radius 2 is 2.24 bits per heavy atom. The van der Waals surface area contributed by atoms with E-state index >= 15 is 0 Å². The van der Waals surface area contributed by atoms with E-state index < -0.39 is 0 Å². The second kappa shape index (κ2) is 6.13. The molecule has 1 unspecified atom stereocenters. The Bertz CT molecular complexity index is 682. The molecule has 1 aliphatic rings. The number of nitrogens with zero attached hydrogens (tertiary/aromatic N) is 1. The fourth-order valence-electron chi connectivity index (χ4n) is 2.86. The quantitative estimate of drug-likeness (QED) is 0.747. The van der Waals surface area contributed by atoms with Gasteiger partial charge >= 0.3 is 5.69 Å². The normalized spacial score (nSPS) is 18.2. The zero-order valence-electron chi connectivity index (χ0n) is 11.9. The van der Waals surface area contributed by atoms with E-state index in [-0.39, 0.29) is 11.6 Å². The lowest BCUT2D eigenvalue weighted by Gasteiger charge is -2.09. The molecule has 6 nitrogen and oxygen atoms in total. The Kier molecular flexibility index (Phi) is 4.06. The average molecular weight is 288 g/mol.